The monoisotopic (exact) mass is 863 g/mol. The molecule has 0 amide bonds. The fourth-order valence-electron chi connectivity index (χ4n) is 6.76. The van der Waals surface area contributed by atoms with E-state index in [1.165, 1.54) is 63.3 Å². The summed E-state index contributed by atoms with van der Waals surface area (Å²) < 4.78 is 8.05. The van der Waals surface area contributed by atoms with Gasteiger partial charge in [0.1, 0.15) is 0 Å². The lowest BCUT2D eigenvalue weighted by Gasteiger charge is -2.06. The molecule has 0 bridgehead atoms. The van der Waals surface area contributed by atoms with Gasteiger partial charge in [-0.2, -0.15) is 10.2 Å². The molecule has 0 spiro atoms. The minimum Gasteiger partial charge on any atom is -0.357 e. The summed E-state index contributed by atoms with van der Waals surface area (Å²) in [6.07, 6.45) is 24.9. The Morgan fingerprint density at radius 1 is 0.492 bits per heavy atom. The molecular formula is C55H90N8. The van der Waals surface area contributed by atoms with Crippen molar-refractivity contribution in [3.63, 3.8) is 0 Å². The van der Waals surface area contributed by atoms with Crippen LogP contribution < -0.4 is 0 Å². The van der Waals surface area contributed by atoms with Crippen LogP contribution in [0.3, 0.4) is 0 Å². The van der Waals surface area contributed by atoms with Gasteiger partial charge in [-0.05, 0) is 159 Å². The van der Waals surface area contributed by atoms with Gasteiger partial charge in [0.15, 0.2) is 0 Å². The van der Waals surface area contributed by atoms with Crippen LogP contribution in [0, 0.1) is 56.3 Å². The molecule has 0 unspecified atom stereocenters. The van der Waals surface area contributed by atoms with Crippen molar-refractivity contribution in [2.45, 2.75) is 142 Å². The van der Waals surface area contributed by atoms with Crippen LogP contribution >= 0.6 is 0 Å². The van der Waals surface area contributed by atoms with Crippen LogP contribution in [-0.2, 0) is 66.7 Å². The number of rotatable bonds is 12. The molecule has 0 aliphatic rings. The predicted octanol–water partition coefficient (Wildman–Crippen LogP) is 13.2. The Morgan fingerprint density at radius 3 is 1.51 bits per heavy atom. The SMILES string of the molecule is CC(C)Cc1cccn1C.CC(C)Cc1ccn(C)c1.CC(C)Cc1ccnn1C.CC(C)Cc1cnn(C)c1.Cc1cnc(CC(C)C)cc1C.Cc1cncc(CC(C)C)c1. The Hall–Kier alpha value is -4.72. The molecule has 6 heterocycles. The molecule has 8 heteroatoms. The van der Waals surface area contributed by atoms with Crippen molar-refractivity contribution < 1.29 is 0 Å². The summed E-state index contributed by atoms with van der Waals surface area (Å²) in [7, 11) is 8.09. The van der Waals surface area contributed by atoms with E-state index >= 15 is 0 Å². The van der Waals surface area contributed by atoms with E-state index in [0.29, 0.717) is 5.92 Å². The molecule has 0 aliphatic heterocycles. The first-order valence-corrected chi connectivity index (χ1v) is 23.5. The molecule has 0 aromatic carbocycles. The first-order chi connectivity index (χ1) is 29.5. The Kier molecular flexibility index (Phi) is 27.1. The molecule has 0 aliphatic carbocycles. The summed E-state index contributed by atoms with van der Waals surface area (Å²) in [5.74, 6) is 4.38. The molecule has 6 rings (SSSR count). The first-order valence-electron chi connectivity index (χ1n) is 23.5. The second-order valence-electron chi connectivity index (χ2n) is 20.0. The highest BCUT2D eigenvalue weighted by atomic mass is 15.3. The van der Waals surface area contributed by atoms with Gasteiger partial charge in [-0.15, -0.1) is 0 Å². The second-order valence-corrected chi connectivity index (χ2v) is 20.0. The number of hydrogen-bond donors (Lipinski definition) is 0. The summed E-state index contributed by atoms with van der Waals surface area (Å²) in [6, 6.07) is 12.9. The highest BCUT2D eigenvalue weighted by molar-refractivity contribution is 5.24. The number of pyridine rings is 2. The van der Waals surface area contributed by atoms with Gasteiger partial charge in [0.25, 0.3) is 0 Å². The van der Waals surface area contributed by atoms with Gasteiger partial charge in [-0.1, -0.05) is 89.2 Å². The average Bonchev–Trinajstić information content (AvgIpc) is 3.97. The number of nitrogens with zero attached hydrogens (tertiary/aromatic N) is 8. The summed E-state index contributed by atoms with van der Waals surface area (Å²) in [5, 5.41) is 8.17. The molecule has 6 aromatic rings. The van der Waals surface area contributed by atoms with Gasteiger partial charge in [-0.3, -0.25) is 19.3 Å². The summed E-state index contributed by atoms with van der Waals surface area (Å²) in [4.78, 5) is 8.52. The highest BCUT2D eigenvalue weighted by Gasteiger charge is 2.03. The van der Waals surface area contributed by atoms with Crippen LogP contribution in [0.2, 0.25) is 0 Å². The van der Waals surface area contributed by atoms with E-state index < -0.39 is 0 Å². The smallest absolute Gasteiger partial charge is 0.0521 e. The van der Waals surface area contributed by atoms with Gasteiger partial charge in [0.2, 0.25) is 0 Å². The van der Waals surface area contributed by atoms with Crippen molar-refractivity contribution in [1.29, 1.82) is 0 Å². The maximum atomic E-state index is 4.38. The molecule has 6 aromatic heterocycles. The first kappa shape index (κ1) is 56.3. The van der Waals surface area contributed by atoms with E-state index in [-0.39, 0.29) is 0 Å². The van der Waals surface area contributed by atoms with Gasteiger partial charge < -0.3 is 9.13 Å². The minimum absolute atomic E-state index is 0.694. The Bertz CT molecular complexity index is 1960. The molecule has 0 saturated heterocycles. The highest BCUT2D eigenvalue weighted by Crippen LogP contribution is 2.12. The number of aryl methyl sites for hydroxylation is 7. The molecule has 0 N–H and O–H groups in total. The third-order valence-corrected chi connectivity index (χ3v) is 9.77. The summed E-state index contributed by atoms with van der Waals surface area (Å²) in [6.45, 7) is 33.0. The molecule has 350 valence electrons. The largest absolute Gasteiger partial charge is 0.357 e. The van der Waals surface area contributed by atoms with Crippen LogP contribution in [-0.4, -0.2) is 38.7 Å². The lowest BCUT2D eigenvalue weighted by atomic mass is 10.0. The zero-order chi connectivity index (χ0) is 47.6. The summed E-state index contributed by atoms with van der Waals surface area (Å²) >= 11 is 0. The standard InChI is InChI=1S/C11H17N.C10H15N.2C9H15N.2C8H14N2/c1-8(2)5-11-6-9(3)10(4)7-12-11;1-8(2)4-10-5-9(3)6-11-7-10;1-8(2)6-9-4-5-10(3)7-9;1-8(2)7-9-5-4-6-10(9)3;1-7(2)4-8-5-9-10(3)6-8;1-7(2)6-8-4-5-9-10(8)3/h6-8H,5H2,1-4H3;5-8H,4H2,1-3H3;4-5,7-8H,6H2,1-3H3;4-6,8H,7H2,1-3H3;5-7H,4H2,1-3H3;4-5,7H,6H2,1-3H3. The molecule has 8 nitrogen and oxygen atoms in total. The number of hydrogen-bond acceptors (Lipinski definition) is 4. The molecular weight excluding hydrogens is 773 g/mol. The van der Waals surface area contributed by atoms with Gasteiger partial charge >= 0.3 is 0 Å². The fourth-order valence-corrected chi connectivity index (χ4v) is 6.76. The molecule has 0 saturated carbocycles. The lowest BCUT2D eigenvalue weighted by Crippen LogP contribution is -2.01. The van der Waals surface area contributed by atoms with E-state index in [1.807, 2.05) is 54.4 Å². The van der Waals surface area contributed by atoms with Crippen LogP contribution in [0.5, 0.6) is 0 Å². The second kappa shape index (κ2) is 30.4. The summed E-state index contributed by atoms with van der Waals surface area (Å²) in [5.41, 5.74) is 12.0. The lowest BCUT2D eigenvalue weighted by molar-refractivity contribution is 0.596. The van der Waals surface area contributed by atoms with Crippen molar-refractivity contribution >= 4 is 0 Å². The maximum absolute atomic E-state index is 4.38. The normalized spacial score (nSPS) is 10.7. The third-order valence-electron chi connectivity index (χ3n) is 9.77. The van der Waals surface area contributed by atoms with Crippen molar-refractivity contribution in [2.75, 3.05) is 0 Å². The molecule has 63 heavy (non-hydrogen) atoms. The predicted molar refractivity (Wildman–Crippen MR) is 271 cm³/mol. The Balaban J connectivity index is 0.000000378. The average molecular weight is 863 g/mol. The molecule has 0 fully saturated rings. The van der Waals surface area contributed by atoms with Gasteiger partial charge in [0, 0.05) is 94.8 Å². The van der Waals surface area contributed by atoms with E-state index in [1.54, 1.807) is 0 Å². The van der Waals surface area contributed by atoms with Gasteiger partial charge in [-0.25, -0.2) is 0 Å². The number of aromatic nitrogens is 8. The fraction of sp³-hybridized carbons (Fsp3) is 0.564. The van der Waals surface area contributed by atoms with E-state index in [9.17, 15) is 0 Å². The Morgan fingerprint density at radius 2 is 1.06 bits per heavy atom. The topological polar surface area (TPSA) is 71.3 Å². The van der Waals surface area contributed by atoms with E-state index in [0.717, 1.165) is 55.3 Å². The van der Waals surface area contributed by atoms with E-state index in [2.05, 4.69) is 208 Å². The van der Waals surface area contributed by atoms with Crippen LogP contribution in [0.1, 0.15) is 134 Å². The third kappa shape index (κ3) is 27.2. The van der Waals surface area contributed by atoms with E-state index in [4.69, 9.17) is 0 Å². The van der Waals surface area contributed by atoms with Crippen molar-refractivity contribution in [2.24, 2.45) is 63.7 Å². The Labute approximate surface area is 386 Å². The molecule has 0 atom stereocenters. The maximum Gasteiger partial charge on any atom is 0.0521 e. The van der Waals surface area contributed by atoms with Crippen LogP contribution in [0.4, 0.5) is 0 Å². The minimum atomic E-state index is 0.694. The van der Waals surface area contributed by atoms with Crippen molar-refractivity contribution in [3.05, 3.63) is 143 Å². The van der Waals surface area contributed by atoms with Gasteiger partial charge in [0.05, 0.1) is 6.20 Å². The van der Waals surface area contributed by atoms with Crippen molar-refractivity contribution in [1.82, 2.24) is 38.7 Å². The molecule has 0 radical (unpaired) electrons. The zero-order valence-electron chi connectivity index (χ0n) is 43.4. The van der Waals surface area contributed by atoms with Crippen molar-refractivity contribution in [3.8, 4) is 0 Å². The van der Waals surface area contributed by atoms with Crippen LogP contribution in [0.15, 0.2) is 92.2 Å². The quantitative estimate of drug-likeness (QED) is 0.123. The zero-order valence-corrected chi connectivity index (χ0v) is 43.4. The van der Waals surface area contributed by atoms with Crippen LogP contribution in [0.25, 0.3) is 0 Å².